The molecule has 1 aromatic carbocycles. The number of rotatable bonds is 7. The summed E-state index contributed by atoms with van der Waals surface area (Å²) in [5, 5.41) is 3.89. The van der Waals surface area contributed by atoms with Crippen LogP contribution < -0.4 is 5.32 Å². The lowest BCUT2D eigenvalue weighted by Gasteiger charge is -2.57. The number of nitrogens with one attached hydrogen (secondary N) is 1. The molecule has 26 heavy (non-hydrogen) atoms. The van der Waals surface area contributed by atoms with E-state index in [-0.39, 0.29) is 5.97 Å². The molecule has 3 heteroatoms. The van der Waals surface area contributed by atoms with E-state index in [1.807, 2.05) is 43.3 Å². The summed E-state index contributed by atoms with van der Waals surface area (Å²) in [6.45, 7) is 3.16. The van der Waals surface area contributed by atoms with Crippen molar-refractivity contribution in [3.8, 4) is 0 Å². The van der Waals surface area contributed by atoms with Crippen LogP contribution in [-0.4, -0.2) is 24.7 Å². The van der Waals surface area contributed by atoms with Crippen molar-refractivity contribution in [3.63, 3.8) is 0 Å². The first-order valence-corrected chi connectivity index (χ1v) is 10.3. The fourth-order valence-corrected chi connectivity index (χ4v) is 6.00. The predicted octanol–water partition coefficient (Wildman–Crippen LogP) is 4.58. The van der Waals surface area contributed by atoms with Crippen LogP contribution in [0.5, 0.6) is 0 Å². The molecule has 140 valence electrons. The summed E-state index contributed by atoms with van der Waals surface area (Å²) >= 11 is 0. The van der Waals surface area contributed by atoms with Gasteiger partial charge in [-0.05, 0) is 87.8 Å². The Morgan fingerprint density at radius 3 is 2.31 bits per heavy atom. The predicted molar refractivity (Wildman–Crippen MR) is 105 cm³/mol. The Balaban J connectivity index is 1.40. The molecule has 0 saturated heterocycles. The van der Waals surface area contributed by atoms with Gasteiger partial charge >= 0.3 is 5.97 Å². The minimum atomic E-state index is -0.177. The van der Waals surface area contributed by atoms with E-state index in [2.05, 4.69) is 5.32 Å². The van der Waals surface area contributed by atoms with Crippen molar-refractivity contribution in [2.75, 3.05) is 13.2 Å². The fraction of sp³-hybridized carbons (Fsp3) is 0.609. The molecule has 5 rings (SSSR count). The van der Waals surface area contributed by atoms with Crippen LogP contribution in [0, 0.1) is 17.8 Å². The molecule has 4 aliphatic carbocycles. The minimum Gasteiger partial charge on any atom is -0.463 e. The lowest BCUT2D eigenvalue weighted by atomic mass is 9.53. The third-order valence-electron chi connectivity index (χ3n) is 6.61. The van der Waals surface area contributed by atoms with Gasteiger partial charge in [0, 0.05) is 11.1 Å². The highest BCUT2D eigenvalue weighted by molar-refractivity contribution is 5.93. The average molecular weight is 354 g/mol. The second kappa shape index (κ2) is 7.56. The van der Waals surface area contributed by atoms with Crippen LogP contribution >= 0.6 is 0 Å². The lowest BCUT2D eigenvalue weighted by molar-refractivity contribution is -0.138. The minimum absolute atomic E-state index is 0.177. The van der Waals surface area contributed by atoms with Gasteiger partial charge in [0.15, 0.2) is 0 Å². The summed E-state index contributed by atoms with van der Waals surface area (Å²) in [6, 6.07) is 10.1. The van der Waals surface area contributed by atoms with Crippen LogP contribution in [0.3, 0.4) is 0 Å². The van der Waals surface area contributed by atoms with E-state index >= 15 is 0 Å². The Bertz CT molecular complexity index is 629. The van der Waals surface area contributed by atoms with Crippen molar-refractivity contribution < 1.29 is 9.53 Å². The van der Waals surface area contributed by atoms with E-state index in [1.165, 1.54) is 38.5 Å². The second-order valence-electron chi connectivity index (χ2n) is 8.68. The maximum absolute atomic E-state index is 12.4. The molecule has 1 N–H and O–H groups in total. The van der Waals surface area contributed by atoms with E-state index in [4.69, 9.17) is 4.74 Å². The Kier molecular flexibility index (Phi) is 5.17. The van der Waals surface area contributed by atoms with Crippen molar-refractivity contribution >= 4 is 12.0 Å². The molecule has 0 atom stereocenters. The molecule has 4 saturated carbocycles. The summed E-state index contributed by atoms with van der Waals surface area (Å²) in [5.41, 5.74) is 2.18. The highest BCUT2D eigenvalue weighted by Gasteiger charge is 2.50. The lowest BCUT2D eigenvalue weighted by Crippen LogP contribution is -2.58. The molecule has 0 heterocycles. The van der Waals surface area contributed by atoms with E-state index in [9.17, 15) is 4.79 Å². The molecule has 0 spiro atoms. The fourth-order valence-electron chi connectivity index (χ4n) is 6.00. The molecule has 0 aliphatic heterocycles. The normalized spacial score (nSPS) is 32.7. The highest BCUT2D eigenvalue weighted by atomic mass is 16.5. The standard InChI is InChI=1S/C23H31NO2/c1-2-26-22(25)21(13-17-6-4-3-5-7-17)8-9-24-23-14-18-10-19(15-23)12-20(11-18)16-23/h3-7,13,18-20,24H,2,8-12,14-16H2,1H3/b21-13+. The molecule has 1 aromatic rings. The number of benzene rings is 1. The molecular formula is C23H31NO2. The summed E-state index contributed by atoms with van der Waals surface area (Å²) in [4.78, 5) is 12.4. The van der Waals surface area contributed by atoms with Crippen LogP contribution in [0.4, 0.5) is 0 Å². The number of esters is 1. The Hall–Kier alpha value is -1.61. The maximum Gasteiger partial charge on any atom is 0.334 e. The van der Waals surface area contributed by atoms with Crippen LogP contribution in [0.15, 0.2) is 35.9 Å². The average Bonchev–Trinajstić information content (AvgIpc) is 2.60. The number of hydrogen-bond acceptors (Lipinski definition) is 3. The molecule has 4 bridgehead atoms. The van der Waals surface area contributed by atoms with Crippen LogP contribution in [-0.2, 0) is 9.53 Å². The van der Waals surface area contributed by atoms with Crippen molar-refractivity contribution in [3.05, 3.63) is 41.5 Å². The van der Waals surface area contributed by atoms with Crippen LogP contribution in [0.25, 0.3) is 6.08 Å². The Morgan fingerprint density at radius 2 is 1.73 bits per heavy atom. The quantitative estimate of drug-likeness (QED) is 0.576. The molecule has 0 amide bonds. The maximum atomic E-state index is 12.4. The zero-order valence-corrected chi connectivity index (χ0v) is 15.9. The van der Waals surface area contributed by atoms with Gasteiger partial charge in [0.1, 0.15) is 0 Å². The molecule has 0 aromatic heterocycles. The monoisotopic (exact) mass is 353 g/mol. The van der Waals surface area contributed by atoms with Gasteiger partial charge in [0.05, 0.1) is 6.61 Å². The number of hydrogen-bond donors (Lipinski definition) is 1. The Morgan fingerprint density at radius 1 is 1.12 bits per heavy atom. The van der Waals surface area contributed by atoms with Gasteiger partial charge in [0.25, 0.3) is 0 Å². The summed E-state index contributed by atoms with van der Waals surface area (Å²) in [7, 11) is 0. The first kappa shape index (κ1) is 17.8. The zero-order valence-electron chi connectivity index (χ0n) is 15.9. The molecular weight excluding hydrogens is 322 g/mol. The Labute approximate surface area is 157 Å². The van der Waals surface area contributed by atoms with Gasteiger partial charge < -0.3 is 10.1 Å². The smallest absolute Gasteiger partial charge is 0.334 e. The van der Waals surface area contributed by atoms with Gasteiger partial charge in [-0.25, -0.2) is 4.79 Å². The first-order chi connectivity index (χ1) is 12.7. The number of carbonyl (C=O) groups excluding carboxylic acids is 1. The van der Waals surface area contributed by atoms with E-state index in [0.717, 1.165) is 41.9 Å². The topological polar surface area (TPSA) is 38.3 Å². The van der Waals surface area contributed by atoms with Gasteiger partial charge in [-0.15, -0.1) is 0 Å². The molecule has 4 fully saturated rings. The third kappa shape index (κ3) is 3.88. The summed E-state index contributed by atoms with van der Waals surface area (Å²) in [5.74, 6) is 2.65. The zero-order chi connectivity index (χ0) is 18.0. The first-order valence-electron chi connectivity index (χ1n) is 10.3. The van der Waals surface area contributed by atoms with Gasteiger partial charge in [-0.3, -0.25) is 0 Å². The number of carbonyl (C=O) groups is 1. The second-order valence-corrected chi connectivity index (χ2v) is 8.68. The highest BCUT2D eigenvalue weighted by Crippen LogP contribution is 2.55. The van der Waals surface area contributed by atoms with Crippen molar-refractivity contribution in [2.24, 2.45) is 17.8 Å². The summed E-state index contributed by atoms with van der Waals surface area (Å²) in [6.07, 6.45) is 11.1. The van der Waals surface area contributed by atoms with Gasteiger partial charge in [-0.1, -0.05) is 30.3 Å². The van der Waals surface area contributed by atoms with Crippen LogP contribution in [0.2, 0.25) is 0 Å². The van der Waals surface area contributed by atoms with E-state index < -0.39 is 0 Å². The molecule has 0 radical (unpaired) electrons. The van der Waals surface area contributed by atoms with Gasteiger partial charge in [0.2, 0.25) is 0 Å². The van der Waals surface area contributed by atoms with E-state index in [0.29, 0.717) is 12.1 Å². The van der Waals surface area contributed by atoms with E-state index in [1.54, 1.807) is 0 Å². The van der Waals surface area contributed by atoms with Crippen molar-refractivity contribution in [1.29, 1.82) is 0 Å². The van der Waals surface area contributed by atoms with Crippen LogP contribution in [0.1, 0.15) is 57.4 Å². The van der Waals surface area contributed by atoms with Crippen molar-refractivity contribution in [1.82, 2.24) is 5.32 Å². The molecule has 3 nitrogen and oxygen atoms in total. The molecule has 0 unspecified atom stereocenters. The largest absolute Gasteiger partial charge is 0.463 e. The SMILES string of the molecule is CCOC(=O)/C(=C/c1ccccc1)CCNC12CC3CC(CC(C3)C1)C2. The van der Waals surface area contributed by atoms with Gasteiger partial charge in [-0.2, -0.15) is 0 Å². The number of ether oxygens (including phenoxy) is 1. The molecule has 4 aliphatic rings. The van der Waals surface area contributed by atoms with Crippen molar-refractivity contribution in [2.45, 2.75) is 57.4 Å². The third-order valence-corrected chi connectivity index (χ3v) is 6.61. The summed E-state index contributed by atoms with van der Waals surface area (Å²) < 4.78 is 5.29.